The predicted molar refractivity (Wildman–Crippen MR) is 122 cm³/mol. The van der Waals surface area contributed by atoms with Crippen LogP contribution in [-0.2, 0) is 9.47 Å². The second-order valence-corrected chi connectivity index (χ2v) is 7.84. The number of amides is 1. The van der Waals surface area contributed by atoms with Crippen molar-refractivity contribution in [2.45, 2.75) is 24.5 Å². The Bertz CT molecular complexity index is 1350. The zero-order valence-corrected chi connectivity index (χ0v) is 18.3. The standard InChI is InChI=1S/C24H21N5O6/c30-11-16-18(31)19(35-24(33)15-9-5-2-6-10-15)23(34-16)29-13-27-17-20(25-12-26-21(17)29)28-22(32)14-7-3-1-4-8-14/h1-10,12-13,16,18-19,23,30-31H,11H2,(H,25,26,28,32)/t16-,18-,19-,23-/m1/s1. The summed E-state index contributed by atoms with van der Waals surface area (Å²) in [5.74, 6) is -0.850. The average molecular weight is 475 g/mol. The molecular formula is C24H21N5O6. The minimum Gasteiger partial charge on any atom is -0.451 e. The molecule has 1 fully saturated rings. The minimum absolute atomic E-state index is 0.178. The largest absolute Gasteiger partial charge is 0.451 e. The van der Waals surface area contributed by atoms with Gasteiger partial charge in [0.1, 0.15) is 18.5 Å². The van der Waals surface area contributed by atoms with Gasteiger partial charge in [0.05, 0.1) is 18.5 Å². The van der Waals surface area contributed by atoms with Crippen LogP contribution >= 0.6 is 0 Å². The van der Waals surface area contributed by atoms with Gasteiger partial charge in [-0.3, -0.25) is 9.36 Å². The van der Waals surface area contributed by atoms with E-state index in [9.17, 15) is 19.8 Å². The molecule has 2 aromatic carbocycles. The van der Waals surface area contributed by atoms with Gasteiger partial charge in [-0.15, -0.1) is 0 Å². The van der Waals surface area contributed by atoms with Gasteiger partial charge >= 0.3 is 5.97 Å². The average Bonchev–Trinajstić information content (AvgIpc) is 3.46. The summed E-state index contributed by atoms with van der Waals surface area (Å²) in [4.78, 5) is 38.0. The fourth-order valence-electron chi connectivity index (χ4n) is 3.88. The maximum Gasteiger partial charge on any atom is 0.338 e. The maximum absolute atomic E-state index is 12.7. The molecule has 1 saturated heterocycles. The molecule has 0 unspecified atom stereocenters. The first-order valence-electron chi connectivity index (χ1n) is 10.8. The van der Waals surface area contributed by atoms with Crippen LogP contribution in [0.5, 0.6) is 0 Å². The monoisotopic (exact) mass is 475 g/mol. The molecule has 35 heavy (non-hydrogen) atoms. The minimum atomic E-state index is -1.30. The van der Waals surface area contributed by atoms with Crippen LogP contribution in [0.1, 0.15) is 26.9 Å². The number of nitrogens with zero attached hydrogens (tertiary/aromatic N) is 4. The second-order valence-electron chi connectivity index (χ2n) is 7.84. The topological polar surface area (TPSA) is 149 Å². The van der Waals surface area contributed by atoms with Gasteiger partial charge in [0.2, 0.25) is 0 Å². The molecule has 3 heterocycles. The van der Waals surface area contributed by atoms with Crippen LogP contribution in [0.25, 0.3) is 11.2 Å². The number of carbonyl (C=O) groups is 2. The molecule has 1 aliphatic rings. The number of carbonyl (C=O) groups excluding carboxylic acids is 2. The smallest absolute Gasteiger partial charge is 0.338 e. The number of aliphatic hydroxyl groups excluding tert-OH is 2. The molecule has 3 N–H and O–H groups in total. The summed E-state index contributed by atoms with van der Waals surface area (Å²) in [6, 6.07) is 17.0. The van der Waals surface area contributed by atoms with Crippen LogP contribution in [0.4, 0.5) is 5.82 Å². The van der Waals surface area contributed by atoms with E-state index < -0.39 is 37.1 Å². The third kappa shape index (κ3) is 4.35. The van der Waals surface area contributed by atoms with Crippen LogP contribution in [0.15, 0.2) is 73.3 Å². The van der Waals surface area contributed by atoms with Gasteiger partial charge in [-0.05, 0) is 24.3 Å². The number of aromatic nitrogens is 4. The number of fused-ring (bicyclic) bond motifs is 1. The number of aliphatic hydroxyl groups is 2. The summed E-state index contributed by atoms with van der Waals surface area (Å²) in [7, 11) is 0. The molecule has 1 aliphatic heterocycles. The molecule has 4 aromatic rings. The Kier molecular flexibility index (Phi) is 6.19. The molecule has 11 heteroatoms. The van der Waals surface area contributed by atoms with Crippen molar-refractivity contribution in [3.8, 4) is 0 Å². The van der Waals surface area contributed by atoms with Crippen molar-refractivity contribution in [2.75, 3.05) is 11.9 Å². The summed E-state index contributed by atoms with van der Waals surface area (Å²) in [5, 5.41) is 23.1. The normalized spacial score (nSPS) is 21.7. The lowest BCUT2D eigenvalue weighted by molar-refractivity contribution is -0.0564. The van der Waals surface area contributed by atoms with Crippen LogP contribution in [0, 0.1) is 0 Å². The highest BCUT2D eigenvalue weighted by Gasteiger charge is 2.47. The first-order valence-corrected chi connectivity index (χ1v) is 10.8. The van der Waals surface area contributed by atoms with Gasteiger partial charge in [0.15, 0.2) is 29.3 Å². The first kappa shape index (κ1) is 22.6. The summed E-state index contributed by atoms with van der Waals surface area (Å²) in [6.45, 7) is -0.489. The molecule has 11 nitrogen and oxygen atoms in total. The Hall–Kier alpha value is -4.19. The quantitative estimate of drug-likeness (QED) is 0.353. The highest BCUT2D eigenvalue weighted by Crippen LogP contribution is 2.34. The van der Waals surface area contributed by atoms with E-state index in [1.165, 1.54) is 17.2 Å². The molecule has 4 atom stereocenters. The second kappa shape index (κ2) is 9.58. The van der Waals surface area contributed by atoms with Crippen LogP contribution in [0.2, 0.25) is 0 Å². The van der Waals surface area contributed by atoms with E-state index in [0.29, 0.717) is 11.1 Å². The number of rotatable bonds is 6. The zero-order chi connectivity index (χ0) is 24.4. The van der Waals surface area contributed by atoms with E-state index in [2.05, 4.69) is 20.3 Å². The van der Waals surface area contributed by atoms with Gasteiger partial charge < -0.3 is 25.0 Å². The van der Waals surface area contributed by atoms with E-state index in [1.54, 1.807) is 60.7 Å². The van der Waals surface area contributed by atoms with Gasteiger partial charge in [-0.25, -0.2) is 19.7 Å². The number of esters is 1. The van der Waals surface area contributed by atoms with Crippen LogP contribution in [-0.4, -0.2) is 66.5 Å². The molecule has 0 aliphatic carbocycles. The molecule has 0 bridgehead atoms. The highest BCUT2D eigenvalue weighted by molar-refractivity contribution is 6.06. The van der Waals surface area contributed by atoms with E-state index in [1.807, 2.05) is 0 Å². The van der Waals surface area contributed by atoms with Gasteiger partial charge in [-0.2, -0.15) is 0 Å². The number of anilines is 1. The molecule has 0 spiro atoms. The van der Waals surface area contributed by atoms with E-state index in [4.69, 9.17) is 9.47 Å². The highest BCUT2D eigenvalue weighted by atomic mass is 16.6. The number of nitrogens with one attached hydrogen (secondary N) is 1. The Morgan fingerprint density at radius 1 is 1.00 bits per heavy atom. The van der Waals surface area contributed by atoms with E-state index in [0.717, 1.165) is 0 Å². The molecule has 2 aromatic heterocycles. The fourth-order valence-corrected chi connectivity index (χ4v) is 3.88. The number of benzene rings is 2. The van der Waals surface area contributed by atoms with Crippen molar-refractivity contribution in [2.24, 2.45) is 0 Å². The van der Waals surface area contributed by atoms with Crippen molar-refractivity contribution in [3.63, 3.8) is 0 Å². The lowest BCUT2D eigenvalue weighted by atomic mass is 10.1. The molecule has 178 valence electrons. The Morgan fingerprint density at radius 3 is 2.37 bits per heavy atom. The van der Waals surface area contributed by atoms with Crippen LogP contribution < -0.4 is 5.32 Å². The van der Waals surface area contributed by atoms with Crippen molar-refractivity contribution in [3.05, 3.63) is 84.4 Å². The van der Waals surface area contributed by atoms with E-state index >= 15 is 0 Å². The number of imidazole rings is 1. The third-order valence-corrected chi connectivity index (χ3v) is 5.65. The van der Waals surface area contributed by atoms with Crippen molar-refractivity contribution >= 4 is 28.9 Å². The van der Waals surface area contributed by atoms with Gasteiger partial charge in [0, 0.05) is 5.56 Å². The Balaban J connectivity index is 1.45. The zero-order valence-electron chi connectivity index (χ0n) is 18.3. The number of hydrogen-bond acceptors (Lipinski definition) is 9. The fraction of sp³-hybridized carbons (Fsp3) is 0.208. The summed E-state index contributed by atoms with van der Waals surface area (Å²) in [5.41, 5.74) is 1.30. The van der Waals surface area contributed by atoms with Crippen molar-refractivity contribution in [1.29, 1.82) is 0 Å². The SMILES string of the molecule is O=C(Nc1ncnc2c1ncn2[C@@H]1O[C@H](CO)[C@@H](O)[C@H]1OC(=O)c1ccccc1)c1ccccc1. The lowest BCUT2D eigenvalue weighted by Crippen LogP contribution is -2.37. The van der Waals surface area contributed by atoms with E-state index in [-0.39, 0.29) is 22.9 Å². The number of hydrogen-bond donors (Lipinski definition) is 3. The van der Waals surface area contributed by atoms with Gasteiger partial charge in [0.25, 0.3) is 5.91 Å². The molecule has 5 rings (SSSR count). The number of ether oxygens (including phenoxy) is 2. The summed E-state index contributed by atoms with van der Waals surface area (Å²) >= 11 is 0. The molecule has 0 radical (unpaired) electrons. The Labute approximate surface area is 199 Å². The van der Waals surface area contributed by atoms with Crippen LogP contribution in [0.3, 0.4) is 0 Å². The van der Waals surface area contributed by atoms with Crippen molar-refractivity contribution < 1.29 is 29.3 Å². The summed E-state index contributed by atoms with van der Waals surface area (Å²) < 4.78 is 12.9. The lowest BCUT2D eigenvalue weighted by Gasteiger charge is -2.22. The molecular weight excluding hydrogens is 454 g/mol. The van der Waals surface area contributed by atoms with Gasteiger partial charge in [-0.1, -0.05) is 36.4 Å². The maximum atomic E-state index is 12.7. The Morgan fingerprint density at radius 2 is 1.69 bits per heavy atom. The first-order chi connectivity index (χ1) is 17.1. The molecule has 1 amide bonds. The molecule has 0 saturated carbocycles. The third-order valence-electron chi connectivity index (χ3n) is 5.65. The predicted octanol–water partition coefficient (Wildman–Crippen LogP) is 1.55. The summed E-state index contributed by atoms with van der Waals surface area (Å²) in [6.07, 6.45) is -1.85. The van der Waals surface area contributed by atoms with Crippen molar-refractivity contribution in [1.82, 2.24) is 19.5 Å².